The summed E-state index contributed by atoms with van der Waals surface area (Å²) in [5.74, 6) is -2.34. The number of unbranched alkanes of at least 4 members (excludes halogenated alkanes) is 29. The van der Waals surface area contributed by atoms with Crippen molar-refractivity contribution in [3.8, 4) is 0 Å². The highest BCUT2D eigenvalue weighted by Gasteiger charge is 2.30. The lowest BCUT2D eigenvalue weighted by Gasteiger charge is -2.21. The van der Waals surface area contributed by atoms with Crippen LogP contribution in [-0.4, -0.2) is 96.7 Å². The smallest absolute Gasteiger partial charge is 0.462 e. The van der Waals surface area contributed by atoms with E-state index in [0.29, 0.717) is 25.7 Å². The van der Waals surface area contributed by atoms with Gasteiger partial charge in [0.2, 0.25) is 0 Å². The van der Waals surface area contributed by atoms with Crippen LogP contribution in [0.4, 0.5) is 0 Å². The zero-order chi connectivity index (χ0) is 70.4. The Hall–Kier alpha value is -4.02. The van der Waals surface area contributed by atoms with Crippen LogP contribution in [0.25, 0.3) is 0 Å². The summed E-state index contributed by atoms with van der Waals surface area (Å²) in [6, 6.07) is 0. The molecule has 0 bridgehead atoms. The zero-order valence-electron chi connectivity index (χ0n) is 60.3. The number of aliphatic hydroxyl groups excluding tert-OH is 1. The molecule has 17 nitrogen and oxygen atoms in total. The summed E-state index contributed by atoms with van der Waals surface area (Å²) >= 11 is 0. The number of carbonyl (C=O) groups excluding carboxylic acids is 4. The molecule has 0 aliphatic heterocycles. The van der Waals surface area contributed by atoms with Gasteiger partial charge < -0.3 is 33.8 Å². The van der Waals surface area contributed by atoms with Gasteiger partial charge >= 0.3 is 39.5 Å². The molecular formula is C77H134O17P2. The van der Waals surface area contributed by atoms with E-state index in [1.165, 1.54) is 103 Å². The van der Waals surface area contributed by atoms with Crippen LogP contribution < -0.4 is 0 Å². The van der Waals surface area contributed by atoms with Crippen LogP contribution in [0.3, 0.4) is 0 Å². The average Bonchev–Trinajstić information content (AvgIpc) is 1.09. The molecule has 0 amide bonds. The molecule has 96 heavy (non-hydrogen) atoms. The molecule has 0 heterocycles. The normalized spacial score (nSPS) is 14.5. The number of carbonyl (C=O) groups is 4. The quantitative estimate of drug-likeness (QED) is 0.0169. The molecule has 554 valence electrons. The van der Waals surface area contributed by atoms with Gasteiger partial charge in [-0.25, -0.2) is 9.13 Å². The molecule has 19 heteroatoms. The molecule has 0 aromatic heterocycles. The maximum atomic E-state index is 13.0. The third-order valence-corrected chi connectivity index (χ3v) is 17.5. The molecule has 5 unspecified atom stereocenters. The first-order valence-electron chi connectivity index (χ1n) is 37.5. The molecule has 5 atom stereocenters. The number of rotatable bonds is 70. The summed E-state index contributed by atoms with van der Waals surface area (Å²) in [4.78, 5) is 72.7. The van der Waals surface area contributed by atoms with Crippen LogP contribution in [0.1, 0.15) is 310 Å². The Balaban J connectivity index is 5.39. The highest BCUT2D eigenvalue weighted by molar-refractivity contribution is 7.47. The average molecular weight is 1390 g/mol. The topological polar surface area (TPSA) is 237 Å². The highest BCUT2D eigenvalue weighted by Crippen LogP contribution is 2.45. The third-order valence-electron chi connectivity index (χ3n) is 15.6. The summed E-state index contributed by atoms with van der Waals surface area (Å²) in [5.41, 5.74) is 0. The van der Waals surface area contributed by atoms with Gasteiger partial charge in [-0.15, -0.1) is 0 Å². The Bertz CT molecular complexity index is 2200. The highest BCUT2D eigenvalue weighted by atomic mass is 31.2. The van der Waals surface area contributed by atoms with Crippen molar-refractivity contribution in [2.45, 2.75) is 329 Å². The maximum absolute atomic E-state index is 13.0. The molecule has 0 aromatic rings. The second-order valence-corrected chi connectivity index (χ2v) is 27.8. The van der Waals surface area contributed by atoms with Crippen molar-refractivity contribution < 1.29 is 80.2 Å². The predicted molar refractivity (Wildman–Crippen MR) is 390 cm³/mol. The number of ether oxygens (including phenoxy) is 4. The van der Waals surface area contributed by atoms with Crippen molar-refractivity contribution in [1.82, 2.24) is 0 Å². The number of esters is 4. The van der Waals surface area contributed by atoms with Crippen LogP contribution in [-0.2, 0) is 65.4 Å². The van der Waals surface area contributed by atoms with Crippen molar-refractivity contribution in [2.75, 3.05) is 39.6 Å². The lowest BCUT2D eigenvalue weighted by atomic mass is 10.0. The van der Waals surface area contributed by atoms with Gasteiger partial charge in [0.15, 0.2) is 12.2 Å². The van der Waals surface area contributed by atoms with E-state index in [2.05, 4.69) is 101 Å². The van der Waals surface area contributed by atoms with Gasteiger partial charge in [-0.1, -0.05) is 279 Å². The number of aliphatic hydroxyl groups is 1. The van der Waals surface area contributed by atoms with E-state index in [1.54, 1.807) is 6.08 Å². The SMILES string of the molecule is CC/C=C\C/C=C\C/C=C\C/C=C\C/C=C\CC(=O)OCC(COP(=O)(O)OCC(O)COP(=O)(O)OCC(COC(=O)CCCCCCCCCCCCCCCCC)OC(=O)CCCCCCC/C=C\CCCC)OC(=O)CCCCCCC/C=C\C/C=C\CCCCC. The molecule has 0 aromatic carbocycles. The van der Waals surface area contributed by atoms with E-state index in [4.69, 9.17) is 37.0 Å². The molecule has 0 rings (SSSR count). The number of hydrogen-bond acceptors (Lipinski definition) is 15. The van der Waals surface area contributed by atoms with Crippen LogP contribution in [0.5, 0.6) is 0 Å². The number of allylic oxidation sites excluding steroid dienone is 15. The first kappa shape index (κ1) is 92.0. The van der Waals surface area contributed by atoms with E-state index in [9.17, 15) is 43.2 Å². The lowest BCUT2D eigenvalue weighted by Crippen LogP contribution is -2.30. The minimum absolute atomic E-state index is 0.0593. The lowest BCUT2D eigenvalue weighted by molar-refractivity contribution is -0.161. The second kappa shape index (κ2) is 69.5. The van der Waals surface area contributed by atoms with Crippen molar-refractivity contribution in [3.05, 3.63) is 97.2 Å². The van der Waals surface area contributed by atoms with Crippen LogP contribution >= 0.6 is 15.6 Å². The van der Waals surface area contributed by atoms with Gasteiger partial charge in [0.05, 0.1) is 32.8 Å². The molecule has 0 saturated heterocycles. The molecule has 0 aliphatic rings. The summed E-state index contributed by atoms with van der Waals surface area (Å²) in [7, 11) is -9.97. The van der Waals surface area contributed by atoms with Crippen molar-refractivity contribution >= 4 is 39.5 Å². The number of phosphoric ester groups is 2. The Morgan fingerprint density at radius 2 is 0.594 bits per heavy atom. The van der Waals surface area contributed by atoms with Crippen molar-refractivity contribution in [1.29, 1.82) is 0 Å². The first-order valence-corrected chi connectivity index (χ1v) is 40.5. The first-order chi connectivity index (χ1) is 46.7. The monoisotopic (exact) mass is 1390 g/mol. The molecule has 0 radical (unpaired) electrons. The van der Waals surface area contributed by atoms with E-state index in [0.717, 1.165) is 128 Å². The minimum atomic E-state index is -4.99. The van der Waals surface area contributed by atoms with E-state index < -0.39 is 97.5 Å². The second-order valence-electron chi connectivity index (χ2n) is 24.9. The van der Waals surface area contributed by atoms with E-state index in [1.807, 2.05) is 18.2 Å². The fraction of sp³-hybridized carbons (Fsp3) is 0.740. The van der Waals surface area contributed by atoms with E-state index >= 15 is 0 Å². The maximum Gasteiger partial charge on any atom is 0.472 e. The number of hydrogen-bond donors (Lipinski definition) is 3. The van der Waals surface area contributed by atoms with Crippen LogP contribution in [0, 0.1) is 0 Å². The zero-order valence-corrected chi connectivity index (χ0v) is 62.1. The van der Waals surface area contributed by atoms with Crippen LogP contribution in [0.15, 0.2) is 97.2 Å². The van der Waals surface area contributed by atoms with Gasteiger partial charge in [-0.3, -0.25) is 37.3 Å². The van der Waals surface area contributed by atoms with Gasteiger partial charge in [-0.2, -0.15) is 0 Å². The largest absolute Gasteiger partial charge is 0.472 e. The molecule has 0 saturated carbocycles. The van der Waals surface area contributed by atoms with Gasteiger partial charge in [0, 0.05) is 19.3 Å². The Kier molecular flexibility index (Phi) is 66.6. The Morgan fingerprint density at radius 1 is 0.312 bits per heavy atom. The molecule has 3 N–H and O–H groups in total. The summed E-state index contributed by atoms with van der Waals surface area (Å²) in [5, 5.41) is 10.6. The fourth-order valence-electron chi connectivity index (χ4n) is 9.83. The van der Waals surface area contributed by atoms with Gasteiger partial charge in [0.1, 0.15) is 19.3 Å². The third kappa shape index (κ3) is 68.5. The number of phosphoric acid groups is 2. The standard InChI is InChI=1S/C77H134O17P2/c1-5-9-13-17-21-25-29-32-35-38-42-45-49-53-57-61-74(79)87-67-72(93-76(81)63-59-55-51-47-41-28-24-20-16-12-8-4)69-91-95(83,84)89-65-71(78)66-90-96(85,86)92-70-73(94-77(82)64-60-56-52-48-44-40-37-34-31-27-23-19-15-11-7-3)68-88-75(80)62-58-54-50-46-43-39-36-33-30-26-22-18-14-10-6-2/h10,14,20,22-24,26-27,33-34,36-37,43,46,54,58,71-73,78H,5-9,11-13,15-19,21,25,28-32,35,38-42,44-45,47-53,55-57,59-70H2,1-4H3,(H,83,84)(H,85,86)/b14-10-,24-20-,26-22-,27-23-,36-33-,37-34-,46-43-,58-54-. The molecule has 0 aliphatic carbocycles. The van der Waals surface area contributed by atoms with Crippen LogP contribution in [0.2, 0.25) is 0 Å². The summed E-state index contributed by atoms with van der Waals surface area (Å²) < 4.78 is 68.2. The van der Waals surface area contributed by atoms with Crippen molar-refractivity contribution in [3.63, 3.8) is 0 Å². The summed E-state index contributed by atoms with van der Waals surface area (Å²) in [6.07, 6.45) is 71.5. The van der Waals surface area contributed by atoms with Gasteiger partial charge in [0.25, 0.3) is 0 Å². The molecule has 0 spiro atoms. The molecule has 0 fully saturated rings. The Labute approximate surface area is 582 Å². The fourth-order valence-corrected chi connectivity index (χ4v) is 11.4. The minimum Gasteiger partial charge on any atom is -0.462 e. The summed E-state index contributed by atoms with van der Waals surface area (Å²) in [6.45, 7) is 4.57. The van der Waals surface area contributed by atoms with Crippen molar-refractivity contribution in [2.24, 2.45) is 0 Å². The van der Waals surface area contributed by atoms with Gasteiger partial charge in [-0.05, 0) is 103 Å². The van der Waals surface area contributed by atoms with E-state index in [-0.39, 0.29) is 25.7 Å². The predicted octanol–water partition coefficient (Wildman–Crippen LogP) is 21.2. The Morgan fingerprint density at radius 3 is 0.990 bits per heavy atom. The molecular weight excluding hydrogens is 1260 g/mol.